The number of ether oxygens (including phenoxy) is 2. The third kappa shape index (κ3) is 8.04. The zero-order chi connectivity index (χ0) is 22.9. The fourth-order valence-electron chi connectivity index (χ4n) is 1.74. The standard InChI is InChI=1S/C14H14O15/c15-5(16)1-2-8(21)28-10(9(22)11(23)24)12(25)29-14(13(26)27,3-6(17)18)4-7(19)20/h1-2,9-10,22H,3-4H2,(H,15,16)(H,17,18)(H,19,20)(H,23,24)(H,26,27). The van der Waals surface area contributed by atoms with Crippen molar-refractivity contribution in [1.82, 2.24) is 0 Å². The van der Waals surface area contributed by atoms with Crippen LogP contribution in [0.5, 0.6) is 0 Å². The third-order valence-corrected chi connectivity index (χ3v) is 2.94. The van der Waals surface area contributed by atoms with Crippen molar-refractivity contribution in [3.8, 4) is 0 Å². The third-order valence-electron chi connectivity index (χ3n) is 2.94. The van der Waals surface area contributed by atoms with Gasteiger partial charge in [0, 0.05) is 12.2 Å². The first-order valence-electron chi connectivity index (χ1n) is 7.14. The zero-order valence-electron chi connectivity index (χ0n) is 14.1. The molecule has 0 amide bonds. The molecule has 0 saturated heterocycles. The molecule has 0 aliphatic heterocycles. The molecule has 0 aromatic carbocycles. The minimum atomic E-state index is -3.24. The highest BCUT2D eigenvalue weighted by atomic mass is 16.6. The monoisotopic (exact) mass is 422 g/mol. The van der Waals surface area contributed by atoms with E-state index in [9.17, 15) is 38.7 Å². The number of carbonyl (C=O) groups is 7. The summed E-state index contributed by atoms with van der Waals surface area (Å²) in [7, 11) is 0. The summed E-state index contributed by atoms with van der Waals surface area (Å²) in [6.07, 6.45) is -8.39. The highest BCUT2D eigenvalue weighted by Crippen LogP contribution is 2.24. The Morgan fingerprint density at radius 2 is 1.31 bits per heavy atom. The number of aliphatic hydroxyl groups excluding tert-OH is 1. The van der Waals surface area contributed by atoms with Crippen LogP contribution in [0, 0.1) is 0 Å². The van der Waals surface area contributed by atoms with Crippen LogP contribution in [0.1, 0.15) is 12.8 Å². The quantitative estimate of drug-likeness (QED) is 0.138. The molecule has 0 aliphatic rings. The molecule has 15 nitrogen and oxygen atoms in total. The van der Waals surface area contributed by atoms with Crippen molar-refractivity contribution in [3.63, 3.8) is 0 Å². The second-order valence-corrected chi connectivity index (χ2v) is 5.17. The first kappa shape index (κ1) is 25.0. The van der Waals surface area contributed by atoms with E-state index in [-0.39, 0.29) is 12.2 Å². The Hall–Kier alpha value is -4.01. The van der Waals surface area contributed by atoms with Gasteiger partial charge >= 0.3 is 41.8 Å². The highest BCUT2D eigenvalue weighted by Gasteiger charge is 2.50. The summed E-state index contributed by atoms with van der Waals surface area (Å²) in [6, 6.07) is 0. The van der Waals surface area contributed by atoms with Gasteiger partial charge in [-0.3, -0.25) is 9.59 Å². The Balaban J connectivity index is 5.94. The van der Waals surface area contributed by atoms with E-state index in [0.29, 0.717) is 0 Å². The van der Waals surface area contributed by atoms with Gasteiger partial charge in [0.05, 0.1) is 12.8 Å². The number of esters is 2. The molecule has 0 rings (SSSR count). The van der Waals surface area contributed by atoms with Crippen molar-refractivity contribution in [2.24, 2.45) is 0 Å². The first-order valence-corrected chi connectivity index (χ1v) is 7.14. The molecule has 0 aliphatic carbocycles. The van der Waals surface area contributed by atoms with Crippen LogP contribution in [-0.2, 0) is 43.0 Å². The summed E-state index contributed by atoms with van der Waals surface area (Å²) < 4.78 is 8.58. The van der Waals surface area contributed by atoms with Gasteiger partial charge in [-0.15, -0.1) is 0 Å². The molecular formula is C14H14O15. The van der Waals surface area contributed by atoms with E-state index in [1.165, 1.54) is 0 Å². The summed E-state index contributed by atoms with van der Waals surface area (Å²) in [4.78, 5) is 77.9. The van der Waals surface area contributed by atoms with E-state index in [1.54, 1.807) is 0 Å². The molecule has 2 unspecified atom stereocenters. The topological polar surface area (TPSA) is 259 Å². The first-order chi connectivity index (χ1) is 13.2. The number of aliphatic carboxylic acids is 5. The van der Waals surface area contributed by atoms with Crippen LogP contribution < -0.4 is 0 Å². The number of carbonyl (C=O) groups excluding carboxylic acids is 2. The van der Waals surface area contributed by atoms with Crippen molar-refractivity contribution in [1.29, 1.82) is 0 Å². The van der Waals surface area contributed by atoms with E-state index in [2.05, 4.69) is 9.47 Å². The van der Waals surface area contributed by atoms with Gasteiger partial charge in [-0.25, -0.2) is 24.0 Å². The molecule has 0 spiro atoms. The smallest absolute Gasteiger partial charge is 0.352 e. The number of rotatable bonds is 12. The predicted molar refractivity (Wildman–Crippen MR) is 81.3 cm³/mol. The van der Waals surface area contributed by atoms with Crippen LogP contribution in [-0.4, -0.2) is 90.2 Å². The summed E-state index contributed by atoms with van der Waals surface area (Å²) in [5, 5.41) is 53.4. The average molecular weight is 422 g/mol. The van der Waals surface area contributed by atoms with Gasteiger partial charge in [0.25, 0.3) is 0 Å². The largest absolute Gasteiger partial charge is 0.481 e. The maximum Gasteiger partial charge on any atom is 0.352 e. The molecule has 0 fully saturated rings. The maximum atomic E-state index is 12.1. The number of aliphatic hydroxyl groups is 1. The van der Waals surface area contributed by atoms with Gasteiger partial charge in [0.15, 0.2) is 6.10 Å². The van der Waals surface area contributed by atoms with Crippen molar-refractivity contribution in [3.05, 3.63) is 12.2 Å². The summed E-state index contributed by atoms with van der Waals surface area (Å²) >= 11 is 0. The SMILES string of the molecule is O=C(O)C=CC(=O)OC(C(=O)OC(CC(=O)O)(CC(=O)O)C(=O)O)C(O)C(=O)O. The molecule has 0 heterocycles. The van der Waals surface area contributed by atoms with Gasteiger partial charge < -0.3 is 40.1 Å². The minimum Gasteiger partial charge on any atom is -0.481 e. The number of carboxylic acid groups (broad SMARTS) is 5. The molecule has 6 N–H and O–H groups in total. The van der Waals surface area contributed by atoms with Crippen LogP contribution in [0.3, 0.4) is 0 Å². The summed E-state index contributed by atoms with van der Waals surface area (Å²) in [5.74, 6) is -13.7. The van der Waals surface area contributed by atoms with E-state index in [4.69, 9.17) is 25.5 Å². The molecule has 0 aromatic heterocycles. The molecule has 29 heavy (non-hydrogen) atoms. The van der Waals surface area contributed by atoms with Crippen molar-refractivity contribution in [2.45, 2.75) is 30.7 Å². The van der Waals surface area contributed by atoms with E-state index >= 15 is 0 Å². The van der Waals surface area contributed by atoms with Crippen LogP contribution in [0.15, 0.2) is 12.2 Å². The summed E-state index contributed by atoms with van der Waals surface area (Å²) in [5.41, 5.74) is -3.24. The second kappa shape index (κ2) is 10.4. The Morgan fingerprint density at radius 3 is 1.66 bits per heavy atom. The van der Waals surface area contributed by atoms with E-state index in [0.717, 1.165) is 0 Å². The molecular weight excluding hydrogens is 408 g/mol. The van der Waals surface area contributed by atoms with Crippen molar-refractivity contribution in [2.75, 3.05) is 0 Å². The van der Waals surface area contributed by atoms with Gasteiger partial charge in [-0.2, -0.15) is 0 Å². The molecule has 160 valence electrons. The van der Waals surface area contributed by atoms with Crippen LogP contribution in [0.2, 0.25) is 0 Å². The number of hydrogen-bond acceptors (Lipinski definition) is 10. The fraction of sp³-hybridized carbons (Fsp3) is 0.357. The lowest BCUT2D eigenvalue weighted by Gasteiger charge is -2.28. The lowest BCUT2D eigenvalue weighted by Crippen LogP contribution is -2.52. The molecule has 0 bridgehead atoms. The predicted octanol–water partition coefficient (Wildman–Crippen LogP) is -2.70. The molecule has 2 atom stereocenters. The van der Waals surface area contributed by atoms with Crippen LogP contribution >= 0.6 is 0 Å². The Bertz CT molecular complexity index is 732. The van der Waals surface area contributed by atoms with E-state index < -0.39 is 72.4 Å². The van der Waals surface area contributed by atoms with Gasteiger partial charge in [-0.1, -0.05) is 0 Å². The lowest BCUT2D eigenvalue weighted by atomic mass is 9.95. The molecule has 0 saturated carbocycles. The molecule has 15 heteroatoms. The van der Waals surface area contributed by atoms with E-state index in [1.807, 2.05) is 0 Å². The van der Waals surface area contributed by atoms with Crippen LogP contribution in [0.4, 0.5) is 0 Å². The van der Waals surface area contributed by atoms with Crippen molar-refractivity contribution >= 4 is 41.8 Å². The fourth-order valence-corrected chi connectivity index (χ4v) is 1.74. The van der Waals surface area contributed by atoms with Gasteiger partial charge in [0.2, 0.25) is 11.7 Å². The Morgan fingerprint density at radius 1 is 0.828 bits per heavy atom. The van der Waals surface area contributed by atoms with Crippen LogP contribution in [0.25, 0.3) is 0 Å². The second-order valence-electron chi connectivity index (χ2n) is 5.17. The molecule has 0 radical (unpaired) electrons. The van der Waals surface area contributed by atoms with Gasteiger partial charge in [0.1, 0.15) is 0 Å². The Kier molecular flexibility index (Phi) is 8.92. The number of carboxylic acids is 5. The normalized spacial score (nSPS) is 13.1. The van der Waals surface area contributed by atoms with Gasteiger partial charge in [-0.05, 0) is 0 Å². The summed E-state index contributed by atoms with van der Waals surface area (Å²) in [6.45, 7) is 0. The highest BCUT2D eigenvalue weighted by molar-refractivity contribution is 5.95. The van der Waals surface area contributed by atoms with Crippen molar-refractivity contribution < 1.29 is 73.7 Å². The number of hydrogen-bond donors (Lipinski definition) is 6. The Labute approximate surface area is 159 Å². The minimum absolute atomic E-state index is 0.204. The maximum absolute atomic E-state index is 12.1. The average Bonchev–Trinajstić information content (AvgIpc) is 2.55. The zero-order valence-corrected chi connectivity index (χ0v) is 14.1. The lowest BCUT2D eigenvalue weighted by molar-refractivity contribution is -0.199. The molecule has 0 aromatic rings.